The molecule has 8 nitrogen and oxygen atoms in total. The minimum absolute atomic E-state index is 0.0341. The highest BCUT2D eigenvalue weighted by Crippen LogP contribution is 2.27. The molecule has 1 aliphatic heterocycles. The van der Waals surface area contributed by atoms with Crippen molar-refractivity contribution in [3.05, 3.63) is 77.3 Å². The summed E-state index contributed by atoms with van der Waals surface area (Å²) in [7, 11) is 0. The van der Waals surface area contributed by atoms with E-state index in [1.807, 2.05) is 38.1 Å². The highest BCUT2D eigenvalue weighted by Gasteiger charge is 2.22. The van der Waals surface area contributed by atoms with Crippen LogP contribution in [0.3, 0.4) is 0 Å². The Morgan fingerprint density at radius 2 is 2.05 bits per heavy atom. The minimum Gasteiger partial charge on any atom is -0.356 e. The fraction of sp³-hybridized carbons (Fsp3) is 0.333. The fourth-order valence-electron chi connectivity index (χ4n) is 4.54. The molecule has 0 radical (unpaired) electrons. The number of hydrogen-bond acceptors (Lipinski definition) is 5. The maximum atomic E-state index is 12.7. The molecule has 2 amide bonds. The standard InChI is InChI=1S/C30H36N6O2/c1-6-19(4)7-8-22(11-18(2)3)25-9-10-31-30(36-25)34-24-12-20(5)28-23(14-24)15-26(35-28)29(38)33-17-21-13-27(37)32-16-21/h6,9-12,14-15,21,35H,2,7-8,13,16-17H2,1,3-5H3,(H,32,37)(H,33,38)(H,31,34,36). The molecule has 3 heterocycles. The zero-order valence-corrected chi connectivity index (χ0v) is 22.6. The third-order valence-electron chi connectivity index (χ3n) is 6.73. The number of amides is 2. The van der Waals surface area contributed by atoms with E-state index >= 15 is 0 Å². The molecule has 1 atom stereocenters. The van der Waals surface area contributed by atoms with Gasteiger partial charge in [-0.3, -0.25) is 9.59 Å². The van der Waals surface area contributed by atoms with Gasteiger partial charge < -0.3 is 20.9 Å². The molecule has 4 rings (SSSR count). The van der Waals surface area contributed by atoms with Crippen LogP contribution in [-0.2, 0) is 4.79 Å². The zero-order chi connectivity index (χ0) is 27.2. The average Bonchev–Trinajstić information content (AvgIpc) is 3.51. The molecule has 2 aromatic heterocycles. The number of aromatic amines is 1. The molecule has 0 spiro atoms. The van der Waals surface area contributed by atoms with Crippen molar-refractivity contribution in [1.82, 2.24) is 25.6 Å². The predicted molar refractivity (Wildman–Crippen MR) is 153 cm³/mol. The van der Waals surface area contributed by atoms with Crippen LogP contribution >= 0.6 is 0 Å². The van der Waals surface area contributed by atoms with Crippen LogP contribution < -0.4 is 16.0 Å². The van der Waals surface area contributed by atoms with E-state index in [9.17, 15) is 9.59 Å². The number of aryl methyl sites for hydroxylation is 1. The van der Waals surface area contributed by atoms with Crippen molar-refractivity contribution in [3.63, 3.8) is 0 Å². The second-order valence-corrected chi connectivity index (χ2v) is 10.1. The van der Waals surface area contributed by atoms with Crippen LogP contribution in [0.1, 0.15) is 61.8 Å². The summed E-state index contributed by atoms with van der Waals surface area (Å²) in [6, 6.07) is 7.75. The van der Waals surface area contributed by atoms with Crippen LogP contribution in [0.15, 0.2) is 60.3 Å². The summed E-state index contributed by atoms with van der Waals surface area (Å²) >= 11 is 0. The van der Waals surface area contributed by atoms with Gasteiger partial charge in [-0.15, -0.1) is 0 Å². The van der Waals surface area contributed by atoms with Gasteiger partial charge in [0.25, 0.3) is 5.91 Å². The monoisotopic (exact) mass is 512 g/mol. The van der Waals surface area contributed by atoms with E-state index in [2.05, 4.69) is 58.5 Å². The van der Waals surface area contributed by atoms with Gasteiger partial charge in [-0.05, 0) is 75.9 Å². The van der Waals surface area contributed by atoms with Gasteiger partial charge in [-0.1, -0.05) is 29.9 Å². The lowest BCUT2D eigenvalue weighted by Crippen LogP contribution is -2.30. The Labute approximate surface area is 223 Å². The van der Waals surface area contributed by atoms with Crippen molar-refractivity contribution in [2.24, 2.45) is 5.92 Å². The topological polar surface area (TPSA) is 112 Å². The van der Waals surface area contributed by atoms with Crippen LogP contribution in [0.2, 0.25) is 0 Å². The number of allylic oxidation sites excluding steroid dienone is 5. The molecule has 198 valence electrons. The molecular formula is C30H36N6O2. The van der Waals surface area contributed by atoms with E-state index < -0.39 is 0 Å². The van der Waals surface area contributed by atoms with Crippen LogP contribution in [-0.4, -0.2) is 39.9 Å². The number of nitrogens with one attached hydrogen (secondary N) is 4. The number of nitrogens with zero attached hydrogens (tertiary/aromatic N) is 2. The number of carbonyl (C=O) groups is 2. The van der Waals surface area contributed by atoms with E-state index in [4.69, 9.17) is 4.98 Å². The summed E-state index contributed by atoms with van der Waals surface area (Å²) in [5, 5.41) is 9.97. The van der Waals surface area contributed by atoms with E-state index in [1.54, 1.807) is 6.20 Å². The summed E-state index contributed by atoms with van der Waals surface area (Å²) in [6.07, 6.45) is 8.25. The number of benzene rings is 1. The minimum atomic E-state index is -0.185. The summed E-state index contributed by atoms with van der Waals surface area (Å²) in [5.74, 6) is 0.481. The van der Waals surface area contributed by atoms with E-state index in [0.717, 1.165) is 51.8 Å². The molecule has 0 aliphatic carbocycles. The normalized spacial score (nSPS) is 16.0. The van der Waals surface area contributed by atoms with Crippen molar-refractivity contribution in [2.45, 2.75) is 47.0 Å². The van der Waals surface area contributed by atoms with E-state index in [1.165, 1.54) is 5.57 Å². The Balaban J connectivity index is 1.50. The molecule has 0 saturated carbocycles. The first kappa shape index (κ1) is 26.9. The highest BCUT2D eigenvalue weighted by molar-refractivity contribution is 5.99. The molecule has 38 heavy (non-hydrogen) atoms. The number of H-pyrrole nitrogens is 1. The van der Waals surface area contributed by atoms with Crippen LogP contribution in [0, 0.1) is 12.8 Å². The molecule has 4 N–H and O–H groups in total. The maximum absolute atomic E-state index is 12.7. The number of hydrogen-bond donors (Lipinski definition) is 4. The van der Waals surface area contributed by atoms with E-state index in [-0.39, 0.29) is 17.7 Å². The first-order valence-corrected chi connectivity index (χ1v) is 13.0. The second kappa shape index (κ2) is 11.9. The molecule has 1 fully saturated rings. The van der Waals surface area contributed by atoms with Gasteiger partial charge in [0, 0.05) is 48.2 Å². The molecule has 1 saturated heterocycles. The Kier molecular flexibility index (Phi) is 8.41. The molecule has 8 heteroatoms. The van der Waals surface area contributed by atoms with Crippen LogP contribution in [0.4, 0.5) is 11.6 Å². The number of rotatable bonds is 10. The number of carbonyl (C=O) groups excluding carboxylic acids is 2. The van der Waals surface area contributed by atoms with Gasteiger partial charge >= 0.3 is 0 Å². The lowest BCUT2D eigenvalue weighted by atomic mass is 10.0. The Bertz CT molecular complexity index is 1430. The highest BCUT2D eigenvalue weighted by atomic mass is 16.2. The first-order chi connectivity index (χ1) is 18.2. The molecular weight excluding hydrogens is 476 g/mol. The fourth-order valence-corrected chi connectivity index (χ4v) is 4.54. The lowest BCUT2D eigenvalue weighted by Gasteiger charge is -2.11. The Hall–Kier alpha value is -4.20. The van der Waals surface area contributed by atoms with Gasteiger partial charge in [0.05, 0.1) is 5.69 Å². The van der Waals surface area contributed by atoms with Crippen molar-refractivity contribution >= 4 is 39.9 Å². The van der Waals surface area contributed by atoms with E-state index in [0.29, 0.717) is 31.2 Å². The summed E-state index contributed by atoms with van der Waals surface area (Å²) < 4.78 is 0. The van der Waals surface area contributed by atoms with Crippen molar-refractivity contribution in [1.29, 1.82) is 0 Å². The van der Waals surface area contributed by atoms with Crippen LogP contribution in [0.5, 0.6) is 0 Å². The molecule has 1 unspecified atom stereocenters. The average molecular weight is 513 g/mol. The number of fused-ring (bicyclic) bond motifs is 1. The summed E-state index contributed by atoms with van der Waals surface area (Å²) in [4.78, 5) is 36.6. The number of aromatic nitrogens is 3. The molecule has 3 aromatic rings. The quantitative estimate of drug-likeness (QED) is 0.209. The van der Waals surface area contributed by atoms with Gasteiger partial charge in [-0.2, -0.15) is 0 Å². The van der Waals surface area contributed by atoms with Gasteiger partial charge in [0.2, 0.25) is 11.9 Å². The van der Waals surface area contributed by atoms with Gasteiger partial charge in [-0.25, -0.2) is 9.97 Å². The molecule has 0 bridgehead atoms. The van der Waals surface area contributed by atoms with Crippen molar-refractivity contribution in [3.8, 4) is 0 Å². The maximum Gasteiger partial charge on any atom is 0.267 e. The number of anilines is 2. The summed E-state index contributed by atoms with van der Waals surface area (Å²) in [5.41, 5.74) is 7.52. The lowest BCUT2D eigenvalue weighted by molar-refractivity contribution is -0.119. The predicted octanol–water partition coefficient (Wildman–Crippen LogP) is 5.58. The Morgan fingerprint density at radius 1 is 1.24 bits per heavy atom. The smallest absolute Gasteiger partial charge is 0.267 e. The molecule has 1 aromatic carbocycles. The van der Waals surface area contributed by atoms with Gasteiger partial charge in [0.15, 0.2) is 0 Å². The van der Waals surface area contributed by atoms with Crippen molar-refractivity contribution < 1.29 is 9.59 Å². The molecule has 1 aliphatic rings. The Morgan fingerprint density at radius 3 is 2.76 bits per heavy atom. The summed E-state index contributed by atoms with van der Waals surface area (Å²) in [6.45, 7) is 13.3. The van der Waals surface area contributed by atoms with Gasteiger partial charge in [0.1, 0.15) is 5.69 Å². The first-order valence-electron chi connectivity index (χ1n) is 13.0. The van der Waals surface area contributed by atoms with Crippen molar-refractivity contribution in [2.75, 3.05) is 18.4 Å². The zero-order valence-electron chi connectivity index (χ0n) is 22.6. The SMILES string of the molecule is C=C(C)C=C(CCC(C)=CC)c1ccnc(Nc2cc(C)c3[nH]c(C(=O)NCC4CNC(=O)C4)cc3c2)n1. The third kappa shape index (κ3) is 6.76. The second-order valence-electron chi connectivity index (χ2n) is 10.1. The van der Waals surface area contributed by atoms with Crippen LogP contribution in [0.25, 0.3) is 16.5 Å². The third-order valence-corrected chi connectivity index (χ3v) is 6.73. The largest absolute Gasteiger partial charge is 0.356 e.